The largest absolute Gasteiger partial charge is 0.493 e. The quantitative estimate of drug-likeness (QED) is 0.230. The van der Waals surface area contributed by atoms with Gasteiger partial charge in [-0.15, -0.1) is 0 Å². The number of ether oxygens (including phenoxy) is 1. The lowest BCUT2D eigenvalue weighted by atomic mass is 9.82. The molecule has 0 atom stereocenters. The van der Waals surface area contributed by atoms with Gasteiger partial charge < -0.3 is 10.1 Å². The predicted molar refractivity (Wildman–Crippen MR) is 122 cm³/mol. The van der Waals surface area contributed by atoms with E-state index in [2.05, 4.69) is 5.32 Å². The number of hydrogen-bond donors (Lipinski definition) is 1. The van der Waals surface area contributed by atoms with Crippen LogP contribution in [0.3, 0.4) is 0 Å². The molecule has 3 aromatic rings. The van der Waals surface area contributed by atoms with E-state index < -0.39 is 16.5 Å². The maximum Gasteiger partial charge on any atom is 0.325 e. The Labute approximate surface area is 190 Å². The summed E-state index contributed by atoms with van der Waals surface area (Å²) in [5.41, 5.74) is 0.0983. The zero-order valence-corrected chi connectivity index (χ0v) is 17.8. The Morgan fingerprint density at radius 3 is 2.12 bits per heavy atom. The summed E-state index contributed by atoms with van der Waals surface area (Å²) in [5.74, 6) is 0.0934. The van der Waals surface area contributed by atoms with Crippen molar-refractivity contribution in [2.45, 2.75) is 18.4 Å². The number of urea groups is 1. The third-order valence-corrected chi connectivity index (χ3v) is 5.59. The highest BCUT2D eigenvalue weighted by Gasteiger charge is 2.53. The standard InChI is InChI=1S/C25H23N3O5/c29-23-25(19-10-3-1-4-11-19,20-12-5-2-6-13-20)26-24(30)27(23)16-7-8-17-33-22-15-9-14-21(18-22)28(31)32/h1-6,9-15,18H,7-8,16-17H2,(H,26,30). The van der Waals surface area contributed by atoms with Gasteiger partial charge in [-0.2, -0.15) is 0 Å². The number of imide groups is 1. The van der Waals surface area contributed by atoms with Crippen molar-refractivity contribution in [1.82, 2.24) is 10.2 Å². The molecule has 3 amide bonds. The second-order valence-corrected chi connectivity index (χ2v) is 7.68. The van der Waals surface area contributed by atoms with Crippen LogP contribution in [0.2, 0.25) is 0 Å². The molecule has 1 fully saturated rings. The van der Waals surface area contributed by atoms with E-state index in [1.54, 1.807) is 12.1 Å². The Hall–Kier alpha value is -4.20. The van der Waals surface area contributed by atoms with Gasteiger partial charge in [0.25, 0.3) is 11.6 Å². The summed E-state index contributed by atoms with van der Waals surface area (Å²) in [6.07, 6.45) is 1.11. The van der Waals surface area contributed by atoms with Crippen LogP contribution in [0.4, 0.5) is 10.5 Å². The van der Waals surface area contributed by atoms with Gasteiger partial charge in [0.1, 0.15) is 5.75 Å². The van der Waals surface area contributed by atoms with E-state index in [4.69, 9.17) is 4.74 Å². The number of carbonyl (C=O) groups excluding carboxylic acids is 2. The summed E-state index contributed by atoms with van der Waals surface area (Å²) in [4.78, 5) is 38.0. The summed E-state index contributed by atoms with van der Waals surface area (Å²) in [5, 5.41) is 13.8. The number of unbranched alkanes of at least 4 members (excludes halogenated alkanes) is 1. The number of amides is 3. The van der Waals surface area contributed by atoms with E-state index in [9.17, 15) is 19.7 Å². The molecule has 0 aromatic heterocycles. The zero-order valence-electron chi connectivity index (χ0n) is 17.8. The minimum absolute atomic E-state index is 0.0370. The first-order valence-corrected chi connectivity index (χ1v) is 10.6. The van der Waals surface area contributed by atoms with Crippen LogP contribution < -0.4 is 10.1 Å². The van der Waals surface area contributed by atoms with Gasteiger partial charge in [-0.1, -0.05) is 66.7 Å². The van der Waals surface area contributed by atoms with Gasteiger partial charge >= 0.3 is 6.03 Å². The van der Waals surface area contributed by atoms with Crippen molar-refractivity contribution in [3.05, 3.63) is 106 Å². The Bertz CT molecular complexity index is 1110. The third-order valence-electron chi connectivity index (χ3n) is 5.59. The van der Waals surface area contributed by atoms with Crippen LogP contribution in [0.25, 0.3) is 0 Å². The first kappa shape index (κ1) is 22.0. The molecule has 1 heterocycles. The normalized spacial score (nSPS) is 14.7. The van der Waals surface area contributed by atoms with Crippen LogP contribution in [-0.2, 0) is 10.3 Å². The highest BCUT2D eigenvalue weighted by atomic mass is 16.6. The second kappa shape index (κ2) is 9.52. The van der Waals surface area contributed by atoms with Crippen molar-refractivity contribution in [1.29, 1.82) is 0 Å². The predicted octanol–water partition coefficient (Wildman–Crippen LogP) is 4.25. The lowest BCUT2D eigenvalue weighted by molar-refractivity contribution is -0.384. The van der Waals surface area contributed by atoms with E-state index >= 15 is 0 Å². The van der Waals surface area contributed by atoms with Crippen molar-refractivity contribution in [3.63, 3.8) is 0 Å². The molecule has 1 aliphatic rings. The molecule has 8 nitrogen and oxygen atoms in total. The number of carbonyl (C=O) groups is 2. The van der Waals surface area contributed by atoms with Crippen molar-refractivity contribution < 1.29 is 19.2 Å². The van der Waals surface area contributed by atoms with Crippen LogP contribution in [-0.4, -0.2) is 34.9 Å². The highest BCUT2D eigenvalue weighted by molar-refractivity contribution is 6.09. The average Bonchev–Trinajstić information content (AvgIpc) is 3.10. The number of benzene rings is 3. The van der Waals surface area contributed by atoms with E-state index in [1.807, 2.05) is 60.7 Å². The fraction of sp³-hybridized carbons (Fsp3) is 0.200. The number of rotatable bonds is 9. The maximum absolute atomic E-state index is 13.6. The first-order valence-electron chi connectivity index (χ1n) is 10.6. The molecule has 0 saturated carbocycles. The SMILES string of the molecule is O=C1NC(c2ccccc2)(c2ccccc2)C(=O)N1CCCCOc1cccc([N+](=O)[O-])c1. The number of nitro groups is 1. The van der Waals surface area contributed by atoms with Gasteiger partial charge in [0.15, 0.2) is 5.54 Å². The fourth-order valence-electron chi connectivity index (χ4n) is 3.96. The van der Waals surface area contributed by atoms with Crippen LogP contribution in [0, 0.1) is 10.1 Å². The third kappa shape index (κ3) is 4.41. The van der Waals surface area contributed by atoms with Crippen molar-refractivity contribution in [2.24, 2.45) is 0 Å². The summed E-state index contributed by atoms with van der Waals surface area (Å²) >= 11 is 0. The van der Waals surface area contributed by atoms with Crippen molar-refractivity contribution in [3.8, 4) is 5.75 Å². The Kier molecular flexibility index (Phi) is 6.35. The zero-order chi connectivity index (χ0) is 23.3. The van der Waals surface area contributed by atoms with Gasteiger partial charge in [0.05, 0.1) is 17.6 Å². The average molecular weight is 445 g/mol. The molecule has 0 radical (unpaired) electrons. The molecule has 1 N–H and O–H groups in total. The molecule has 1 aliphatic heterocycles. The van der Waals surface area contributed by atoms with Crippen LogP contribution in [0.15, 0.2) is 84.9 Å². The molecule has 0 unspecified atom stereocenters. The topological polar surface area (TPSA) is 102 Å². The van der Waals surface area contributed by atoms with Crippen LogP contribution >= 0.6 is 0 Å². The van der Waals surface area contributed by atoms with Gasteiger partial charge in [-0.25, -0.2) is 4.79 Å². The molecule has 0 spiro atoms. The van der Waals surface area contributed by atoms with Crippen molar-refractivity contribution in [2.75, 3.05) is 13.2 Å². The molecular formula is C25H23N3O5. The van der Waals surface area contributed by atoms with E-state index in [-0.39, 0.29) is 18.1 Å². The number of nitro benzene ring substituents is 1. The summed E-state index contributed by atoms with van der Waals surface area (Å²) < 4.78 is 5.59. The van der Waals surface area contributed by atoms with E-state index in [0.29, 0.717) is 36.3 Å². The minimum Gasteiger partial charge on any atom is -0.493 e. The van der Waals surface area contributed by atoms with Crippen LogP contribution in [0.5, 0.6) is 5.75 Å². The Balaban J connectivity index is 1.42. The van der Waals surface area contributed by atoms with Gasteiger partial charge in [-0.05, 0) is 30.0 Å². The molecule has 1 saturated heterocycles. The van der Waals surface area contributed by atoms with Gasteiger partial charge in [0, 0.05) is 12.6 Å². The number of nitrogens with one attached hydrogen (secondary N) is 1. The molecule has 0 aliphatic carbocycles. The fourth-order valence-corrected chi connectivity index (χ4v) is 3.96. The molecule has 4 rings (SSSR count). The molecule has 3 aromatic carbocycles. The van der Waals surface area contributed by atoms with Crippen molar-refractivity contribution >= 4 is 17.6 Å². The summed E-state index contributed by atoms with van der Waals surface area (Å²) in [7, 11) is 0. The summed E-state index contributed by atoms with van der Waals surface area (Å²) in [6.45, 7) is 0.553. The molecule has 33 heavy (non-hydrogen) atoms. The Morgan fingerprint density at radius 1 is 0.879 bits per heavy atom. The molecule has 0 bridgehead atoms. The Morgan fingerprint density at radius 2 is 1.52 bits per heavy atom. The smallest absolute Gasteiger partial charge is 0.325 e. The molecule has 8 heteroatoms. The molecular weight excluding hydrogens is 422 g/mol. The lowest BCUT2D eigenvalue weighted by Gasteiger charge is -2.28. The lowest BCUT2D eigenvalue weighted by Crippen LogP contribution is -2.45. The monoisotopic (exact) mass is 445 g/mol. The first-order chi connectivity index (χ1) is 16.0. The number of hydrogen-bond acceptors (Lipinski definition) is 5. The van der Waals surface area contributed by atoms with Gasteiger partial charge in [0.2, 0.25) is 0 Å². The second-order valence-electron chi connectivity index (χ2n) is 7.68. The maximum atomic E-state index is 13.6. The number of non-ortho nitro benzene ring substituents is 1. The van der Waals surface area contributed by atoms with Gasteiger partial charge in [-0.3, -0.25) is 19.8 Å². The highest BCUT2D eigenvalue weighted by Crippen LogP contribution is 2.36. The van der Waals surface area contributed by atoms with Crippen LogP contribution in [0.1, 0.15) is 24.0 Å². The van der Waals surface area contributed by atoms with E-state index in [0.717, 1.165) is 0 Å². The number of nitrogens with zero attached hydrogens (tertiary/aromatic N) is 2. The minimum atomic E-state index is -1.26. The summed E-state index contributed by atoms with van der Waals surface area (Å²) in [6, 6.07) is 24.0. The van der Waals surface area contributed by atoms with E-state index in [1.165, 1.54) is 17.0 Å². The molecule has 168 valence electrons.